The molecule has 2 aromatic rings. The summed E-state index contributed by atoms with van der Waals surface area (Å²) < 4.78 is 0.997. The molecule has 2 rings (SSSR count). The van der Waals surface area contributed by atoms with Gasteiger partial charge in [0.1, 0.15) is 11.2 Å². The fourth-order valence-corrected chi connectivity index (χ4v) is 2.26. The van der Waals surface area contributed by atoms with Gasteiger partial charge in [0.2, 0.25) is 0 Å². The summed E-state index contributed by atoms with van der Waals surface area (Å²) >= 11 is 5.77. The van der Waals surface area contributed by atoms with E-state index < -0.39 is 11.4 Å². The van der Waals surface area contributed by atoms with Crippen LogP contribution in [0.4, 0.5) is 0 Å². The van der Waals surface area contributed by atoms with Crippen LogP contribution in [0.25, 0.3) is 11.0 Å². The van der Waals surface area contributed by atoms with Crippen LogP contribution in [-0.2, 0) is 5.88 Å². The Hall–Kier alpha value is -2.08. The third-order valence-electron chi connectivity index (χ3n) is 2.87. The van der Waals surface area contributed by atoms with Crippen molar-refractivity contribution in [3.8, 4) is 0 Å². The average Bonchev–Trinajstić information content (AvgIpc) is 2.40. The van der Waals surface area contributed by atoms with Crippen molar-refractivity contribution >= 4 is 28.5 Å². The SMILES string of the molecule is CC(C)(C)NC(=O)c1c(CCl)n([O-])c2ccccc2[n+]1=O. The Labute approximate surface area is 126 Å². The number of aromatic nitrogens is 2. The maximum atomic E-state index is 12.4. The third kappa shape index (κ3) is 2.85. The first-order chi connectivity index (χ1) is 9.76. The molecule has 0 bridgehead atoms. The lowest BCUT2D eigenvalue weighted by atomic mass is 10.1. The Morgan fingerprint density at radius 1 is 1.38 bits per heavy atom. The number of halogens is 1. The fourth-order valence-electron chi connectivity index (χ4n) is 2.03. The summed E-state index contributed by atoms with van der Waals surface area (Å²) in [4.78, 5) is 24.7. The van der Waals surface area contributed by atoms with Crippen molar-refractivity contribution in [2.24, 2.45) is 0 Å². The van der Waals surface area contributed by atoms with Gasteiger partial charge in [-0.3, -0.25) is 4.79 Å². The van der Waals surface area contributed by atoms with Crippen molar-refractivity contribution < 1.29 is 9.22 Å². The summed E-state index contributed by atoms with van der Waals surface area (Å²) in [5.41, 5.74) is -0.566. The standard InChI is InChI=1S/C14H16ClN3O3/c1-14(2,3)16-13(19)12-11(8-15)17(20)9-6-4-5-7-10(9)18(12)21/h4-7H,8H2,1-3H3,(H,16,19). The van der Waals surface area contributed by atoms with Crippen LogP contribution in [0, 0.1) is 10.1 Å². The Morgan fingerprint density at radius 2 is 2.00 bits per heavy atom. The Bertz CT molecular complexity index is 762. The molecule has 1 amide bonds. The van der Waals surface area contributed by atoms with Crippen LogP contribution in [0.3, 0.4) is 0 Å². The highest BCUT2D eigenvalue weighted by Crippen LogP contribution is 2.16. The van der Waals surface area contributed by atoms with Gasteiger partial charge >= 0.3 is 11.6 Å². The molecule has 1 N–H and O–H groups in total. The lowest BCUT2D eigenvalue weighted by Gasteiger charge is -2.21. The van der Waals surface area contributed by atoms with Crippen LogP contribution < -0.4 is 9.74 Å². The summed E-state index contributed by atoms with van der Waals surface area (Å²) in [5.74, 6) is -0.854. The highest BCUT2D eigenvalue weighted by molar-refractivity contribution is 6.17. The number of alkyl halides is 1. The van der Waals surface area contributed by atoms with Crippen molar-refractivity contribution in [3.63, 3.8) is 0 Å². The highest BCUT2D eigenvalue weighted by Gasteiger charge is 2.30. The van der Waals surface area contributed by atoms with Gasteiger partial charge in [-0.05, 0) is 26.8 Å². The van der Waals surface area contributed by atoms with E-state index in [0.717, 1.165) is 0 Å². The van der Waals surface area contributed by atoms with Crippen LogP contribution in [-0.4, -0.2) is 16.2 Å². The Kier molecular flexibility index (Phi) is 3.91. The van der Waals surface area contributed by atoms with Gasteiger partial charge in [-0.15, -0.1) is 11.6 Å². The molecule has 0 aliphatic heterocycles. The second-order valence-corrected chi connectivity index (χ2v) is 5.98. The predicted octanol–water partition coefficient (Wildman–Crippen LogP) is 2.17. The molecular weight excluding hydrogens is 294 g/mol. The van der Waals surface area contributed by atoms with E-state index in [4.69, 9.17) is 11.6 Å². The Balaban J connectivity index is 2.76. The quantitative estimate of drug-likeness (QED) is 0.682. The normalized spacial score (nSPS) is 11.6. The van der Waals surface area contributed by atoms with Crippen LogP contribution >= 0.6 is 11.6 Å². The number of carbonyl (C=O) groups excluding carboxylic acids is 1. The van der Waals surface area contributed by atoms with E-state index in [1.807, 2.05) is 0 Å². The molecule has 7 heteroatoms. The molecule has 0 aliphatic carbocycles. The molecule has 0 saturated carbocycles. The van der Waals surface area contributed by atoms with Gasteiger partial charge in [-0.2, -0.15) is 0 Å². The predicted molar refractivity (Wildman–Crippen MR) is 80.8 cm³/mol. The number of nitrogens with one attached hydrogen (secondary N) is 1. The van der Waals surface area contributed by atoms with E-state index in [2.05, 4.69) is 5.32 Å². The third-order valence-corrected chi connectivity index (χ3v) is 3.12. The molecule has 112 valence electrons. The lowest BCUT2D eigenvalue weighted by molar-refractivity contribution is -0.468. The molecule has 21 heavy (non-hydrogen) atoms. The summed E-state index contributed by atoms with van der Waals surface area (Å²) in [6.45, 7) is 5.35. The topological polar surface area (TPSA) is 80.1 Å². The first-order valence-electron chi connectivity index (χ1n) is 6.41. The van der Waals surface area contributed by atoms with Crippen molar-refractivity contribution in [1.82, 2.24) is 10.0 Å². The van der Waals surface area contributed by atoms with E-state index in [-0.39, 0.29) is 28.3 Å². The Morgan fingerprint density at radius 3 is 2.57 bits per heavy atom. The number of para-hydroxylation sites is 2. The molecule has 0 aliphatic rings. The second kappa shape index (κ2) is 5.37. The molecule has 1 heterocycles. The largest absolute Gasteiger partial charge is 0.805 e. The first kappa shape index (κ1) is 15.3. The monoisotopic (exact) mass is 309 g/mol. The summed E-state index contributed by atoms with van der Waals surface area (Å²) in [6.07, 6.45) is 0. The van der Waals surface area contributed by atoms with Gasteiger partial charge in [0.05, 0.1) is 10.3 Å². The molecule has 0 radical (unpaired) electrons. The molecule has 0 spiro atoms. The molecular formula is C14H16ClN3O3. The van der Waals surface area contributed by atoms with Crippen LogP contribution in [0.1, 0.15) is 37.0 Å². The zero-order valence-electron chi connectivity index (χ0n) is 12.0. The zero-order chi connectivity index (χ0) is 15.8. The summed E-state index contributed by atoms with van der Waals surface area (Å²) in [5, 5.41) is 15.0. The maximum Gasteiger partial charge on any atom is 0.347 e. The van der Waals surface area contributed by atoms with Gasteiger partial charge in [0.15, 0.2) is 0 Å². The number of hydrogen-bond acceptors (Lipinski definition) is 3. The lowest BCUT2D eigenvalue weighted by Crippen LogP contribution is -2.45. The molecule has 0 saturated heterocycles. The number of amides is 1. The average molecular weight is 310 g/mol. The van der Waals surface area contributed by atoms with Gasteiger partial charge in [0.25, 0.3) is 5.52 Å². The number of hydrogen-bond donors (Lipinski definition) is 1. The first-order valence-corrected chi connectivity index (χ1v) is 6.95. The van der Waals surface area contributed by atoms with Crippen LogP contribution in [0.5, 0.6) is 0 Å². The second-order valence-electron chi connectivity index (χ2n) is 5.71. The molecule has 1 aromatic heterocycles. The van der Waals surface area contributed by atoms with Crippen LogP contribution in [0.2, 0.25) is 0 Å². The van der Waals surface area contributed by atoms with E-state index in [0.29, 0.717) is 9.16 Å². The number of carbonyl (C=O) groups is 1. The number of rotatable bonds is 2. The van der Waals surface area contributed by atoms with Crippen LogP contribution in [0.15, 0.2) is 24.3 Å². The van der Waals surface area contributed by atoms with E-state index >= 15 is 0 Å². The number of fused-ring (bicyclic) bond motifs is 1. The van der Waals surface area contributed by atoms with Gasteiger partial charge in [0, 0.05) is 16.5 Å². The van der Waals surface area contributed by atoms with E-state index in [9.17, 15) is 14.9 Å². The molecule has 0 fully saturated rings. The molecule has 1 aromatic carbocycles. The smallest absolute Gasteiger partial charge is 0.347 e. The number of benzene rings is 1. The van der Waals surface area contributed by atoms with Gasteiger partial charge in [-0.1, -0.05) is 12.1 Å². The van der Waals surface area contributed by atoms with Crippen molar-refractivity contribution in [2.45, 2.75) is 32.2 Å². The summed E-state index contributed by atoms with van der Waals surface area (Å²) in [7, 11) is 0. The highest BCUT2D eigenvalue weighted by atomic mass is 35.5. The minimum atomic E-state index is -0.622. The van der Waals surface area contributed by atoms with Crippen molar-refractivity contribution in [2.75, 3.05) is 0 Å². The molecule has 6 nitrogen and oxygen atoms in total. The zero-order valence-corrected chi connectivity index (χ0v) is 12.8. The minimum absolute atomic E-state index is 0.0629. The van der Waals surface area contributed by atoms with Gasteiger partial charge in [-0.25, -0.2) is 0 Å². The van der Waals surface area contributed by atoms with Crippen molar-refractivity contribution in [3.05, 3.63) is 45.8 Å². The fraction of sp³-hybridized carbons (Fsp3) is 0.357. The summed E-state index contributed by atoms with van der Waals surface area (Å²) in [6, 6.07) is 6.27. The van der Waals surface area contributed by atoms with Gasteiger partial charge < -0.3 is 15.3 Å². The maximum absolute atomic E-state index is 12.4. The van der Waals surface area contributed by atoms with E-state index in [1.54, 1.807) is 32.9 Å². The molecule has 0 atom stereocenters. The number of nitrogens with zero attached hydrogens (tertiary/aromatic N) is 2. The van der Waals surface area contributed by atoms with Crippen molar-refractivity contribution in [1.29, 1.82) is 0 Å². The molecule has 0 unspecified atom stereocenters. The minimum Gasteiger partial charge on any atom is -0.805 e. The van der Waals surface area contributed by atoms with E-state index in [1.165, 1.54) is 12.1 Å².